The second-order valence-corrected chi connectivity index (χ2v) is 7.23. The Labute approximate surface area is 123 Å². The lowest BCUT2D eigenvalue weighted by atomic mass is 9.67. The van der Waals surface area contributed by atoms with E-state index in [1.807, 2.05) is 0 Å². The standard InChI is InChI=1S/C17H30N2O/c18-12-16-7-3-4-10-19(16)17(20)15-9-8-13-5-1-2-6-14(13)11-15/h13-16H,1-12,18H2. The number of likely N-dealkylation sites (tertiary alicyclic amines) is 1. The van der Waals surface area contributed by atoms with Gasteiger partial charge in [-0.25, -0.2) is 0 Å². The van der Waals surface area contributed by atoms with E-state index < -0.39 is 0 Å². The minimum absolute atomic E-state index is 0.307. The van der Waals surface area contributed by atoms with Crippen LogP contribution in [0.3, 0.4) is 0 Å². The second kappa shape index (κ2) is 6.46. The molecule has 0 aromatic rings. The van der Waals surface area contributed by atoms with Crippen molar-refractivity contribution in [3.05, 3.63) is 0 Å². The quantitative estimate of drug-likeness (QED) is 0.844. The van der Waals surface area contributed by atoms with Gasteiger partial charge in [0, 0.05) is 25.0 Å². The molecule has 3 rings (SSSR count). The van der Waals surface area contributed by atoms with Gasteiger partial charge in [-0.3, -0.25) is 4.79 Å². The summed E-state index contributed by atoms with van der Waals surface area (Å²) in [5, 5.41) is 0. The van der Waals surface area contributed by atoms with Crippen LogP contribution >= 0.6 is 0 Å². The molecule has 3 heteroatoms. The van der Waals surface area contributed by atoms with Gasteiger partial charge in [-0.1, -0.05) is 25.7 Å². The highest BCUT2D eigenvalue weighted by atomic mass is 16.2. The summed E-state index contributed by atoms with van der Waals surface area (Å²) in [6.45, 7) is 1.59. The molecule has 0 aromatic heterocycles. The highest BCUT2D eigenvalue weighted by Crippen LogP contribution is 2.43. The van der Waals surface area contributed by atoms with Gasteiger partial charge in [-0.2, -0.15) is 0 Å². The summed E-state index contributed by atoms with van der Waals surface area (Å²) in [7, 11) is 0. The zero-order valence-corrected chi connectivity index (χ0v) is 12.7. The first-order valence-electron chi connectivity index (χ1n) is 8.80. The zero-order chi connectivity index (χ0) is 13.9. The highest BCUT2D eigenvalue weighted by molar-refractivity contribution is 5.79. The molecule has 4 atom stereocenters. The minimum atomic E-state index is 0.307. The lowest BCUT2D eigenvalue weighted by molar-refractivity contribution is -0.141. The SMILES string of the molecule is NCC1CCCCN1C(=O)C1CCC2CCCCC2C1. The van der Waals surface area contributed by atoms with Gasteiger partial charge in [0.25, 0.3) is 0 Å². The van der Waals surface area contributed by atoms with Crippen molar-refractivity contribution in [2.45, 2.75) is 70.3 Å². The van der Waals surface area contributed by atoms with Crippen LogP contribution in [0.1, 0.15) is 64.2 Å². The number of hydrogen-bond acceptors (Lipinski definition) is 2. The Morgan fingerprint density at radius 1 is 0.950 bits per heavy atom. The molecule has 0 spiro atoms. The summed E-state index contributed by atoms with van der Waals surface area (Å²) < 4.78 is 0. The second-order valence-electron chi connectivity index (χ2n) is 7.23. The van der Waals surface area contributed by atoms with Gasteiger partial charge in [-0.15, -0.1) is 0 Å². The molecule has 4 unspecified atom stereocenters. The van der Waals surface area contributed by atoms with E-state index in [0.717, 1.165) is 37.6 Å². The molecule has 3 aliphatic rings. The fraction of sp³-hybridized carbons (Fsp3) is 0.941. The molecule has 3 nitrogen and oxygen atoms in total. The van der Waals surface area contributed by atoms with Crippen molar-refractivity contribution < 1.29 is 4.79 Å². The van der Waals surface area contributed by atoms with Gasteiger partial charge >= 0.3 is 0 Å². The predicted octanol–water partition coefficient (Wildman–Crippen LogP) is 2.93. The molecule has 2 aliphatic carbocycles. The van der Waals surface area contributed by atoms with Crippen molar-refractivity contribution in [2.24, 2.45) is 23.5 Å². The van der Waals surface area contributed by atoms with Gasteiger partial charge in [-0.05, 0) is 50.4 Å². The lowest BCUT2D eigenvalue weighted by Crippen LogP contribution is -2.50. The van der Waals surface area contributed by atoms with Crippen LogP contribution in [-0.4, -0.2) is 29.9 Å². The van der Waals surface area contributed by atoms with Crippen LogP contribution < -0.4 is 5.73 Å². The van der Waals surface area contributed by atoms with Gasteiger partial charge < -0.3 is 10.6 Å². The molecule has 0 bridgehead atoms. The van der Waals surface area contributed by atoms with Crippen molar-refractivity contribution in [3.8, 4) is 0 Å². The summed E-state index contributed by atoms with van der Waals surface area (Å²) >= 11 is 0. The highest BCUT2D eigenvalue weighted by Gasteiger charge is 2.38. The Balaban J connectivity index is 1.61. The van der Waals surface area contributed by atoms with Crippen molar-refractivity contribution in [1.82, 2.24) is 4.90 Å². The predicted molar refractivity (Wildman–Crippen MR) is 81.2 cm³/mol. The number of carbonyl (C=O) groups excluding carboxylic acids is 1. The molecule has 20 heavy (non-hydrogen) atoms. The van der Waals surface area contributed by atoms with Crippen molar-refractivity contribution >= 4 is 5.91 Å². The molecule has 1 heterocycles. The van der Waals surface area contributed by atoms with Crippen molar-refractivity contribution in [2.75, 3.05) is 13.1 Å². The Hall–Kier alpha value is -0.570. The van der Waals surface area contributed by atoms with E-state index in [2.05, 4.69) is 4.90 Å². The molecule has 0 aromatic carbocycles. The average molecular weight is 278 g/mol. The first-order chi connectivity index (χ1) is 9.79. The molecular weight excluding hydrogens is 248 g/mol. The Kier molecular flexibility index (Phi) is 4.65. The summed E-state index contributed by atoms with van der Waals surface area (Å²) in [6, 6.07) is 0.320. The van der Waals surface area contributed by atoms with Gasteiger partial charge in [0.15, 0.2) is 0 Å². The van der Waals surface area contributed by atoms with Crippen LogP contribution in [0.15, 0.2) is 0 Å². The van der Waals surface area contributed by atoms with Crippen molar-refractivity contribution in [1.29, 1.82) is 0 Å². The van der Waals surface area contributed by atoms with Crippen LogP contribution in [-0.2, 0) is 4.79 Å². The third kappa shape index (κ3) is 2.88. The molecule has 2 N–H and O–H groups in total. The van der Waals surface area contributed by atoms with Crippen LogP contribution in [0.2, 0.25) is 0 Å². The maximum Gasteiger partial charge on any atom is 0.225 e. The fourth-order valence-electron chi connectivity index (χ4n) is 4.87. The third-order valence-electron chi connectivity index (χ3n) is 6.07. The van der Waals surface area contributed by atoms with Gasteiger partial charge in [0.05, 0.1) is 0 Å². The number of amides is 1. The monoisotopic (exact) mass is 278 g/mol. The maximum absolute atomic E-state index is 12.9. The summed E-state index contributed by atoms with van der Waals surface area (Å²) in [6.07, 6.45) is 12.7. The van der Waals surface area contributed by atoms with Gasteiger partial charge in [0.2, 0.25) is 5.91 Å². The average Bonchev–Trinajstić information content (AvgIpc) is 2.53. The Morgan fingerprint density at radius 2 is 1.70 bits per heavy atom. The molecule has 2 saturated carbocycles. The number of hydrogen-bond donors (Lipinski definition) is 1. The molecule has 114 valence electrons. The first-order valence-corrected chi connectivity index (χ1v) is 8.80. The number of piperidine rings is 1. The van der Waals surface area contributed by atoms with E-state index in [0.29, 0.717) is 24.4 Å². The van der Waals surface area contributed by atoms with Crippen LogP contribution in [0, 0.1) is 17.8 Å². The van der Waals surface area contributed by atoms with Crippen LogP contribution in [0.4, 0.5) is 0 Å². The summed E-state index contributed by atoms with van der Waals surface area (Å²) in [5.74, 6) is 2.51. The van der Waals surface area contributed by atoms with Gasteiger partial charge in [0.1, 0.15) is 0 Å². The number of rotatable bonds is 2. The largest absolute Gasteiger partial charge is 0.338 e. The third-order valence-corrected chi connectivity index (χ3v) is 6.07. The van der Waals surface area contributed by atoms with E-state index in [4.69, 9.17) is 5.73 Å². The normalized spacial score (nSPS) is 38.4. The molecule has 1 aliphatic heterocycles. The molecule has 0 radical (unpaired) electrons. The Bertz CT molecular complexity index is 344. The molecule has 1 amide bonds. The van der Waals surface area contributed by atoms with E-state index in [1.54, 1.807) is 0 Å². The van der Waals surface area contributed by atoms with Crippen LogP contribution in [0.5, 0.6) is 0 Å². The number of nitrogens with two attached hydrogens (primary N) is 1. The van der Waals surface area contributed by atoms with Crippen LogP contribution in [0.25, 0.3) is 0 Å². The smallest absolute Gasteiger partial charge is 0.225 e. The topological polar surface area (TPSA) is 46.3 Å². The maximum atomic E-state index is 12.9. The minimum Gasteiger partial charge on any atom is -0.338 e. The van der Waals surface area contributed by atoms with E-state index in [-0.39, 0.29) is 0 Å². The molecule has 1 saturated heterocycles. The Morgan fingerprint density at radius 3 is 2.50 bits per heavy atom. The number of carbonyl (C=O) groups is 1. The summed E-state index contributed by atoms with van der Waals surface area (Å²) in [5.41, 5.74) is 5.87. The van der Waals surface area contributed by atoms with E-state index >= 15 is 0 Å². The molecule has 3 fully saturated rings. The zero-order valence-electron chi connectivity index (χ0n) is 12.7. The number of fused-ring (bicyclic) bond motifs is 1. The fourth-order valence-corrected chi connectivity index (χ4v) is 4.87. The van der Waals surface area contributed by atoms with E-state index in [9.17, 15) is 4.79 Å². The lowest BCUT2D eigenvalue weighted by Gasteiger charge is -2.42. The van der Waals surface area contributed by atoms with Crippen molar-refractivity contribution in [3.63, 3.8) is 0 Å². The first kappa shape index (κ1) is 14.4. The number of nitrogens with zero attached hydrogens (tertiary/aromatic N) is 1. The molecular formula is C17H30N2O. The van der Waals surface area contributed by atoms with E-state index in [1.165, 1.54) is 44.9 Å². The summed E-state index contributed by atoms with van der Waals surface area (Å²) in [4.78, 5) is 15.0.